The Balaban J connectivity index is 1.70. The molecule has 3 aromatic carbocycles. The van der Waals surface area contributed by atoms with Crippen LogP contribution in [0.25, 0.3) is 0 Å². The molecule has 29 nitrogen and oxygen atoms in total. The van der Waals surface area contributed by atoms with Crippen LogP contribution in [-0.4, -0.2) is 287 Å². The van der Waals surface area contributed by atoms with Crippen molar-refractivity contribution in [2.24, 2.45) is 23.7 Å². The predicted octanol–water partition coefficient (Wildman–Crippen LogP) is 3.04. The number of hydrogen-bond donors (Lipinski definition) is 6. The normalized spacial score (nSPS) is 24.4. The predicted molar refractivity (Wildman–Crippen MR) is 421 cm³/mol. The average Bonchev–Trinajstić information content (AvgIpc) is 0.814. The maximum atomic E-state index is 15.7. The first-order valence-corrected chi connectivity index (χ1v) is 38.9. The summed E-state index contributed by atoms with van der Waals surface area (Å²) in [5.41, 5.74) is 1.77. The number of rotatable bonds is 19. The first-order chi connectivity index (χ1) is 52.1. The molecule has 2 saturated heterocycles. The Labute approximate surface area is 656 Å². The number of amides is 14. The lowest BCUT2D eigenvalue weighted by Gasteiger charge is -2.39. The van der Waals surface area contributed by atoms with Gasteiger partial charge in [-0.15, -0.1) is 0 Å². The van der Waals surface area contributed by atoms with Crippen LogP contribution in [0, 0.1) is 23.7 Å². The SMILES string of the molecule is CC[C@H](C)[C@@H]1NC(=O)[C@@H](C)N(C)C(=O)C[C@@H](C(=O)N(C)[C@@H](Cc2ccccc2)C(=O)N[C@@H](C)C(=O)N2CCCCC2)NC(=O)[C@H](Cc2ccccc2)N(C)C(=O)CN(C)C(=O)[C@H]([C@@H](C)O)NC(=O)[C@H](C)N(C)C(=O)[C@H](C(C)C)N(C)C(=O)[C@H](Cc2ccccc2)NC(=O)[C@H](CC(C)C)N(C)C(=O)[C@H](CC(C)C)N(C)C1=O. The Bertz CT molecular complexity index is 3690. The molecular weight excluding hydrogens is 1420 g/mol. The van der Waals surface area contributed by atoms with Crippen LogP contribution in [0.1, 0.15) is 145 Å². The molecule has 14 atom stereocenters. The van der Waals surface area contributed by atoms with Crippen LogP contribution < -0.4 is 26.6 Å². The minimum Gasteiger partial charge on any atom is -0.391 e. The molecule has 5 rings (SSSR count). The summed E-state index contributed by atoms with van der Waals surface area (Å²) in [6.45, 7) is 20.2. The molecule has 14 amide bonds. The second kappa shape index (κ2) is 42.6. The molecule has 6 N–H and O–H groups in total. The molecule has 2 aliphatic heterocycles. The van der Waals surface area contributed by atoms with E-state index in [0.29, 0.717) is 36.2 Å². The summed E-state index contributed by atoms with van der Waals surface area (Å²) < 4.78 is 0. The number of likely N-dealkylation sites (tertiary alicyclic amines) is 1. The van der Waals surface area contributed by atoms with Crippen molar-refractivity contribution >= 4 is 82.7 Å². The summed E-state index contributed by atoms with van der Waals surface area (Å²) in [7, 11) is 10.7. The van der Waals surface area contributed by atoms with E-state index in [0.717, 1.165) is 43.8 Å². The standard InChI is InChI=1S/C82H124N14O15/c1-21-52(8)68-81(110)94(19)65(43-50(4)5)79(108)93(18)62(42-49(2)3)74(103)84-60(44-57-34-26-22-27-35-57)78(107)95(20)70(51(6)7)82(111)90(15)55(11)72(101)87-69(56(12)97)80(109)88(13)48-67(99)91(16)63(45-58-36-28-23-29-37-58)75(104)85-61(47-66(98)89(14)54(10)71(100)86-68)77(106)92(17)64(46-59-38-30-24-31-39-59)73(102)83-53(9)76(105)96-40-32-25-33-41-96/h22-24,26-31,34-39,49-56,60-65,68-70,97H,21,25,32-33,40-48H2,1-20H3,(H,83,102)(H,84,103)(H,85,104)(H,86,100)(H,87,101)/t52-,53-,54+,55-,56+,60-,61-,62-,63-,64-,65-,68-,69-,70-/m0/s1. The summed E-state index contributed by atoms with van der Waals surface area (Å²) >= 11 is 0. The van der Waals surface area contributed by atoms with Crippen molar-refractivity contribution in [2.75, 3.05) is 76.0 Å². The van der Waals surface area contributed by atoms with Crippen LogP contribution >= 0.6 is 0 Å². The number of nitrogens with zero attached hydrogens (tertiary/aromatic N) is 9. The molecule has 0 aliphatic carbocycles. The first kappa shape index (κ1) is 91.8. The van der Waals surface area contributed by atoms with E-state index in [1.54, 1.807) is 131 Å². The maximum Gasteiger partial charge on any atom is 0.248 e. The van der Waals surface area contributed by atoms with Gasteiger partial charge in [-0.3, -0.25) is 67.1 Å². The zero-order valence-electron chi connectivity index (χ0n) is 68.9. The van der Waals surface area contributed by atoms with E-state index in [4.69, 9.17) is 0 Å². The third kappa shape index (κ3) is 25.1. The van der Waals surface area contributed by atoms with Gasteiger partial charge >= 0.3 is 0 Å². The molecule has 0 bridgehead atoms. The fourth-order valence-corrected chi connectivity index (χ4v) is 13.9. The molecular formula is C82H124N14O15. The zero-order valence-corrected chi connectivity index (χ0v) is 68.9. The van der Waals surface area contributed by atoms with Crippen molar-refractivity contribution < 1.29 is 72.2 Å². The number of carbonyl (C=O) groups excluding carboxylic acids is 14. The third-order valence-corrected chi connectivity index (χ3v) is 21.6. The first-order valence-electron chi connectivity index (χ1n) is 38.9. The van der Waals surface area contributed by atoms with Gasteiger partial charge in [0.2, 0.25) is 82.7 Å². The molecule has 0 aromatic heterocycles. The van der Waals surface area contributed by atoms with E-state index < -0.39 is 180 Å². The largest absolute Gasteiger partial charge is 0.391 e. The van der Waals surface area contributed by atoms with Crippen LogP contribution in [-0.2, 0) is 86.4 Å². The van der Waals surface area contributed by atoms with Gasteiger partial charge in [-0.25, -0.2) is 0 Å². The lowest BCUT2D eigenvalue weighted by atomic mass is 9.94. The van der Waals surface area contributed by atoms with E-state index in [9.17, 15) is 38.7 Å². The summed E-state index contributed by atoms with van der Waals surface area (Å²) in [5, 5.41) is 25.1. The molecule has 3 aromatic rings. The average molecular weight is 1550 g/mol. The number of piperidine rings is 1. The second-order valence-corrected chi connectivity index (χ2v) is 31.4. The van der Waals surface area contributed by atoms with Crippen LogP contribution in [0.15, 0.2) is 91.0 Å². The van der Waals surface area contributed by atoms with Gasteiger partial charge in [-0.05, 0) is 100 Å². The van der Waals surface area contributed by atoms with E-state index >= 15 is 33.6 Å². The number of aliphatic hydroxyl groups excluding tert-OH is 1. The molecule has 0 unspecified atom stereocenters. The Morgan fingerprint density at radius 1 is 0.514 bits per heavy atom. The third-order valence-electron chi connectivity index (χ3n) is 21.6. The van der Waals surface area contributed by atoms with Gasteiger partial charge in [0, 0.05) is 88.7 Å². The van der Waals surface area contributed by atoms with Crippen molar-refractivity contribution in [1.29, 1.82) is 0 Å². The topological polar surface area (TPSA) is 349 Å². The highest BCUT2D eigenvalue weighted by molar-refractivity contribution is 6.01. The zero-order chi connectivity index (χ0) is 83.2. The molecule has 111 heavy (non-hydrogen) atoms. The molecule has 0 radical (unpaired) electrons. The summed E-state index contributed by atoms with van der Waals surface area (Å²) in [4.78, 5) is 220. The maximum absolute atomic E-state index is 15.7. The summed E-state index contributed by atoms with van der Waals surface area (Å²) in [6.07, 6.45) is 0.158. The highest BCUT2D eigenvalue weighted by Gasteiger charge is 2.45. The number of likely N-dealkylation sites (N-methyl/N-ethyl adjacent to an activating group) is 8. The van der Waals surface area contributed by atoms with E-state index in [-0.39, 0.29) is 49.8 Å². The van der Waals surface area contributed by atoms with Gasteiger partial charge in [0.1, 0.15) is 72.5 Å². The van der Waals surface area contributed by atoms with E-state index in [2.05, 4.69) is 26.6 Å². The monoisotopic (exact) mass is 1540 g/mol. The van der Waals surface area contributed by atoms with Crippen molar-refractivity contribution in [3.8, 4) is 0 Å². The highest BCUT2D eigenvalue weighted by atomic mass is 16.3. The quantitative estimate of drug-likeness (QED) is 0.100. The molecule has 29 heteroatoms. The smallest absolute Gasteiger partial charge is 0.248 e. The molecule has 2 heterocycles. The number of carbonyl (C=O) groups is 14. The summed E-state index contributed by atoms with van der Waals surface area (Å²) in [6, 6.07) is 9.31. The fraction of sp³-hybridized carbons (Fsp3) is 0.610. The number of benzene rings is 3. The van der Waals surface area contributed by atoms with Crippen LogP contribution in [0.5, 0.6) is 0 Å². The van der Waals surface area contributed by atoms with Crippen molar-refractivity contribution in [1.82, 2.24) is 70.7 Å². The van der Waals surface area contributed by atoms with Crippen molar-refractivity contribution in [3.63, 3.8) is 0 Å². The lowest BCUT2D eigenvalue weighted by Crippen LogP contribution is -2.62. The Morgan fingerprint density at radius 3 is 1.51 bits per heavy atom. The van der Waals surface area contributed by atoms with Gasteiger partial charge in [0.25, 0.3) is 0 Å². The minimum absolute atomic E-state index is 0.0675. The van der Waals surface area contributed by atoms with Crippen molar-refractivity contribution in [2.45, 2.75) is 226 Å². The number of aliphatic hydroxyl groups is 1. The fourth-order valence-electron chi connectivity index (χ4n) is 13.9. The van der Waals surface area contributed by atoms with Gasteiger partial charge in [0.05, 0.1) is 19.1 Å². The van der Waals surface area contributed by atoms with Crippen LogP contribution in [0.3, 0.4) is 0 Å². The Kier molecular flexibility index (Phi) is 35.2. The van der Waals surface area contributed by atoms with Gasteiger partial charge in [-0.1, -0.05) is 153 Å². The van der Waals surface area contributed by atoms with Gasteiger partial charge in [-0.2, -0.15) is 0 Å². The van der Waals surface area contributed by atoms with Crippen molar-refractivity contribution in [3.05, 3.63) is 108 Å². The molecule has 0 spiro atoms. The molecule has 612 valence electrons. The molecule has 2 fully saturated rings. The number of nitrogens with one attached hydrogen (secondary N) is 5. The Morgan fingerprint density at radius 2 is 1.00 bits per heavy atom. The number of hydrogen-bond acceptors (Lipinski definition) is 15. The highest BCUT2D eigenvalue weighted by Crippen LogP contribution is 2.25. The minimum atomic E-state index is -1.87. The van der Waals surface area contributed by atoms with Gasteiger partial charge < -0.3 is 75.8 Å². The van der Waals surface area contributed by atoms with Crippen LogP contribution in [0.2, 0.25) is 0 Å². The van der Waals surface area contributed by atoms with Crippen LogP contribution in [0.4, 0.5) is 0 Å². The summed E-state index contributed by atoms with van der Waals surface area (Å²) in [5.74, 6) is -12.5. The lowest BCUT2D eigenvalue weighted by molar-refractivity contribution is -0.152. The molecule has 2 aliphatic rings. The molecule has 0 saturated carbocycles. The van der Waals surface area contributed by atoms with E-state index in [1.807, 2.05) is 27.7 Å². The second-order valence-electron chi connectivity index (χ2n) is 31.4. The Hall–Kier alpha value is -9.80. The van der Waals surface area contributed by atoms with E-state index in [1.165, 1.54) is 91.9 Å². The van der Waals surface area contributed by atoms with Gasteiger partial charge in [0.15, 0.2) is 0 Å².